The molecule has 0 bridgehead atoms. The standard InChI is InChI=1S/C18H23N3OS.CH2O2/c1-13-19-20-17(23-13)12-21-10-14-6-5-9-18(22,16(14)11-21)15-7-3-2-4-8-15;2-1-3/h2-4,7-8,14,16,22H,5-6,9-12H2,1H3;1H,(H,2,3)/t14-,16+,18+;/m0./s1. The molecule has 2 heterocycles. The van der Waals surface area contributed by atoms with Crippen LogP contribution in [0, 0.1) is 18.8 Å². The molecule has 1 saturated heterocycles. The van der Waals surface area contributed by atoms with E-state index >= 15 is 0 Å². The van der Waals surface area contributed by atoms with Crippen LogP contribution in [-0.2, 0) is 16.9 Å². The Morgan fingerprint density at radius 1 is 1.31 bits per heavy atom. The quantitative estimate of drug-likeness (QED) is 0.802. The fraction of sp³-hybridized carbons (Fsp3) is 0.526. The third kappa shape index (κ3) is 3.95. The lowest BCUT2D eigenvalue weighted by Crippen LogP contribution is -2.42. The summed E-state index contributed by atoms with van der Waals surface area (Å²) in [7, 11) is 0. The predicted molar refractivity (Wildman–Crippen MR) is 99.8 cm³/mol. The lowest BCUT2D eigenvalue weighted by Gasteiger charge is -2.41. The monoisotopic (exact) mass is 375 g/mol. The first-order valence-corrected chi connectivity index (χ1v) is 9.75. The van der Waals surface area contributed by atoms with Gasteiger partial charge in [-0.15, -0.1) is 21.5 Å². The minimum Gasteiger partial charge on any atom is -0.483 e. The number of carboxylic acid groups (broad SMARTS) is 1. The van der Waals surface area contributed by atoms with Gasteiger partial charge >= 0.3 is 0 Å². The number of benzene rings is 1. The summed E-state index contributed by atoms with van der Waals surface area (Å²) in [6, 6.07) is 10.3. The average molecular weight is 375 g/mol. The SMILES string of the molecule is Cc1nnc(CN2C[C@@H]3CCC[C@@](O)(c4ccccc4)[C@@H]3C2)s1.O=CO. The van der Waals surface area contributed by atoms with Crippen LogP contribution in [0.25, 0.3) is 0 Å². The molecule has 2 N–H and O–H groups in total. The molecule has 1 saturated carbocycles. The van der Waals surface area contributed by atoms with Crippen molar-refractivity contribution in [2.75, 3.05) is 13.1 Å². The zero-order chi connectivity index (χ0) is 18.6. The molecule has 1 aliphatic heterocycles. The molecule has 6 nitrogen and oxygen atoms in total. The molecule has 4 rings (SSSR count). The summed E-state index contributed by atoms with van der Waals surface area (Å²) in [6.07, 6.45) is 3.22. The van der Waals surface area contributed by atoms with Gasteiger partial charge in [0.2, 0.25) is 0 Å². The maximum atomic E-state index is 11.4. The van der Waals surface area contributed by atoms with Gasteiger partial charge in [-0.2, -0.15) is 0 Å². The third-order valence-corrected chi connectivity index (χ3v) is 6.29. The topological polar surface area (TPSA) is 86.5 Å². The molecular weight excluding hydrogens is 350 g/mol. The van der Waals surface area contributed by atoms with Crippen LogP contribution in [0.2, 0.25) is 0 Å². The molecule has 2 aromatic rings. The van der Waals surface area contributed by atoms with Crippen LogP contribution in [0.4, 0.5) is 0 Å². The van der Waals surface area contributed by atoms with Crippen molar-refractivity contribution in [3.05, 3.63) is 45.9 Å². The Hall–Kier alpha value is -1.83. The van der Waals surface area contributed by atoms with E-state index in [1.54, 1.807) is 11.3 Å². The Kier molecular flexibility index (Phi) is 6.01. The Bertz CT molecular complexity index is 724. The second-order valence-electron chi connectivity index (χ2n) is 7.06. The van der Waals surface area contributed by atoms with E-state index in [4.69, 9.17) is 9.90 Å². The van der Waals surface area contributed by atoms with E-state index in [2.05, 4.69) is 27.2 Å². The van der Waals surface area contributed by atoms with Crippen molar-refractivity contribution < 1.29 is 15.0 Å². The number of likely N-dealkylation sites (tertiary alicyclic amines) is 1. The van der Waals surface area contributed by atoms with E-state index in [1.807, 2.05) is 25.1 Å². The predicted octanol–water partition coefficient (Wildman–Crippen LogP) is 2.67. The largest absolute Gasteiger partial charge is 0.483 e. The van der Waals surface area contributed by atoms with Gasteiger partial charge in [0.15, 0.2) is 0 Å². The highest BCUT2D eigenvalue weighted by molar-refractivity contribution is 7.11. The maximum Gasteiger partial charge on any atom is 0.290 e. The Morgan fingerprint density at radius 2 is 2.04 bits per heavy atom. The van der Waals surface area contributed by atoms with Crippen LogP contribution in [0.5, 0.6) is 0 Å². The smallest absolute Gasteiger partial charge is 0.290 e. The minimum absolute atomic E-state index is 0.250. The Labute approximate surface area is 157 Å². The van der Waals surface area contributed by atoms with Crippen molar-refractivity contribution in [2.45, 2.75) is 38.3 Å². The first-order valence-electron chi connectivity index (χ1n) is 8.94. The summed E-state index contributed by atoms with van der Waals surface area (Å²) in [6.45, 7) is 4.63. The van der Waals surface area contributed by atoms with Gasteiger partial charge in [0.05, 0.1) is 12.1 Å². The number of carbonyl (C=O) groups is 1. The summed E-state index contributed by atoms with van der Waals surface area (Å²) >= 11 is 1.68. The van der Waals surface area contributed by atoms with Gasteiger partial charge in [-0.05, 0) is 37.7 Å². The molecule has 2 aliphatic rings. The molecule has 1 aromatic carbocycles. The molecule has 0 unspecified atom stereocenters. The molecule has 2 fully saturated rings. The summed E-state index contributed by atoms with van der Waals surface area (Å²) in [5.74, 6) is 0.913. The number of aliphatic hydroxyl groups is 1. The van der Waals surface area contributed by atoms with Crippen molar-refractivity contribution in [2.24, 2.45) is 11.8 Å². The molecule has 3 atom stereocenters. The van der Waals surface area contributed by atoms with Gasteiger partial charge in [0, 0.05) is 19.0 Å². The summed E-state index contributed by atoms with van der Waals surface area (Å²) in [5, 5.41) is 28.8. The summed E-state index contributed by atoms with van der Waals surface area (Å²) in [5.41, 5.74) is 0.416. The average Bonchev–Trinajstić information content (AvgIpc) is 3.23. The van der Waals surface area contributed by atoms with E-state index in [0.29, 0.717) is 11.8 Å². The fourth-order valence-corrected chi connectivity index (χ4v) is 5.17. The first kappa shape index (κ1) is 18.9. The number of aryl methyl sites for hydroxylation is 1. The molecule has 140 valence electrons. The maximum absolute atomic E-state index is 11.4. The lowest BCUT2D eigenvalue weighted by atomic mass is 9.67. The highest BCUT2D eigenvalue weighted by atomic mass is 32.1. The van der Waals surface area contributed by atoms with Crippen LogP contribution < -0.4 is 0 Å². The molecule has 0 radical (unpaired) electrons. The van der Waals surface area contributed by atoms with E-state index < -0.39 is 5.60 Å². The van der Waals surface area contributed by atoms with Gasteiger partial charge in [-0.1, -0.05) is 30.3 Å². The zero-order valence-electron chi connectivity index (χ0n) is 14.9. The molecular formula is C19H25N3O3S. The molecule has 1 aliphatic carbocycles. The molecule has 0 spiro atoms. The number of rotatable bonds is 3. The third-order valence-electron chi connectivity index (χ3n) is 5.46. The summed E-state index contributed by atoms with van der Waals surface area (Å²) < 4.78 is 0. The van der Waals surface area contributed by atoms with Crippen molar-refractivity contribution in [3.8, 4) is 0 Å². The normalized spacial score (nSPS) is 28.1. The van der Waals surface area contributed by atoms with Gasteiger partial charge < -0.3 is 10.2 Å². The van der Waals surface area contributed by atoms with Gasteiger partial charge in [-0.3, -0.25) is 9.69 Å². The van der Waals surface area contributed by atoms with Crippen molar-refractivity contribution in [1.82, 2.24) is 15.1 Å². The zero-order valence-corrected chi connectivity index (χ0v) is 15.7. The van der Waals surface area contributed by atoms with Crippen LogP contribution >= 0.6 is 11.3 Å². The molecule has 26 heavy (non-hydrogen) atoms. The van der Waals surface area contributed by atoms with Gasteiger partial charge in [0.1, 0.15) is 10.0 Å². The minimum atomic E-state index is -0.671. The van der Waals surface area contributed by atoms with E-state index in [0.717, 1.165) is 48.1 Å². The van der Waals surface area contributed by atoms with Gasteiger partial charge in [-0.25, -0.2) is 0 Å². The van der Waals surface area contributed by atoms with Crippen molar-refractivity contribution >= 4 is 17.8 Å². The van der Waals surface area contributed by atoms with Crippen LogP contribution in [0.3, 0.4) is 0 Å². The van der Waals surface area contributed by atoms with Crippen LogP contribution in [0.1, 0.15) is 34.8 Å². The second kappa shape index (κ2) is 8.24. The van der Waals surface area contributed by atoms with Crippen LogP contribution in [-0.4, -0.2) is 44.9 Å². The molecule has 1 aromatic heterocycles. The highest BCUT2D eigenvalue weighted by Gasteiger charge is 2.49. The van der Waals surface area contributed by atoms with E-state index in [9.17, 15) is 5.11 Å². The summed E-state index contributed by atoms with van der Waals surface area (Å²) in [4.78, 5) is 10.8. The number of hydrogen-bond acceptors (Lipinski definition) is 6. The Balaban J connectivity index is 0.000000613. The number of hydrogen-bond donors (Lipinski definition) is 2. The number of fused-ring (bicyclic) bond motifs is 1. The molecule has 7 heteroatoms. The van der Waals surface area contributed by atoms with Crippen molar-refractivity contribution in [3.63, 3.8) is 0 Å². The number of nitrogens with zero attached hydrogens (tertiary/aromatic N) is 3. The van der Waals surface area contributed by atoms with Gasteiger partial charge in [0.25, 0.3) is 6.47 Å². The van der Waals surface area contributed by atoms with Crippen LogP contribution in [0.15, 0.2) is 30.3 Å². The Morgan fingerprint density at radius 3 is 2.69 bits per heavy atom. The van der Waals surface area contributed by atoms with E-state index in [1.165, 1.54) is 6.42 Å². The fourth-order valence-electron chi connectivity index (χ4n) is 4.42. The lowest BCUT2D eigenvalue weighted by molar-refractivity contribution is -0.122. The highest BCUT2D eigenvalue weighted by Crippen LogP contribution is 2.48. The van der Waals surface area contributed by atoms with E-state index in [-0.39, 0.29) is 6.47 Å². The first-order chi connectivity index (χ1) is 12.6. The molecule has 0 amide bonds. The second-order valence-corrected chi connectivity index (χ2v) is 8.33. The number of aromatic nitrogens is 2. The van der Waals surface area contributed by atoms with Crippen molar-refractivity contribution in [1.29, 1.82) is 0 Å².